The molecule has 3 aromatic rings. The number of ether oxygens (including phenoxy) is 1. The second kappa shape index (κ2) is 12.0. The third kappa shape index (κ3) is 6.70. The largest absolute Gasteiger partial charge is 0.490 e. The highest BCUT2D eigenvalue weighted by atomic mass is 127. The lowest BCUT2D eigenvalue weighted by Crippen LogP contribution is -2.14. The average molecular weight is 657 g/mol. The standard InChI is InChI=1S/C25H19Cl2IN2O5S/c1-3-34-22-13-16(11-17(14-29)25(31)30-21-6-4-5-19(26)23(21)27)12-20(28)24(22)35-36(32,33)18-9-7-15(2)8-10-18/h4-13H,3H2,1-2H3,(H,30,31)/b17-11+. The summed E-state index contributed by atoms with van der Waals surface area (Å²) in [7, 11) is -4.13. The lowest BCUT2D eigenvalue weighted by molar-refractivity contribution is -0.112. The number of benzene rings is 3. The number of carbonyl (C=O) groups is 1. The van der Waals surface area contributed by atoms with Crippen LogP contribution in [0.3, 0.4) is 0 Å². The molecule has 3 aromatic carbocycles. The summed E-state index contributed by atoms with van der Waals surface area (Å²) in [5.41, 5.74) is 1.37. The van der Waals surface area contributed by atoms with Crippen LogP contribution in [0.1, 0.15) is 18.1 Å². The Bertz CT molecular complexity index is 1480. The van der Waals surface area contributed by atoms with Gasteiger partial charge in [-0.15, -0.1) is 0 Å². The zero-order chi connectivity index (χ0) is 26.5. The van der Waals surface area contributed by atoms with Crippen LogP contribution in [0.5, 0.6) is 11.5 Å². The van der Waals surface area contributed by atoms with E-state index >= 15 is 0 Å². The van der Waals surface area contributed by atoms with Crippen LogP contribution in [0.25, 0.3) is 6.08 Å². The van der Waals surface area contributed by atoms with E-state index in [-0.39, 0.29) is 44.3 Å². The van der Waals surface area contributed by atoms with Crippen LogP contribution in [-0.4, -0.2) is 20.9 Å². The van der Waals surface area contributed by atoms with Crippen LogP contribution in [0, 0.1) is 21.8 Å². The van der Waals surface area contributed by atoms with Gasteiger partial charge in [-0.2, -0.15) is 13.7 Å². The topological polar surface area (TPSA) is 105 Å². The number of halogens is 3. The predicted octanol–water partition coefficient (Wildman–Crippen LogP) is 6.62. The first-order chi connectivity index (χ1) is 17.1. The number of nitrogens with one attached hydrogen (secondary N) is 1. The van der Waals surface area contributed by atoms with E-state index in [1.807, 2.05) is 35.6 Å². The van der Waals surface area contributed by atoms with E-state index in [1.165, 1.54) is 24.3 Å². The molecule has 0 saturated carbocycles. The van der Waals surface area contributed by atoms with Crippen molar-refractivity contribution in [3.8, 4) is 17.6 Å². The normalized spacial score (nSPS) is 11.5. The van der Waals surface area contributed by atoms with E-state index in [4.69, 9.17) is 32.1 Å². The molecule has 1 N–H and O–H groups in total. The average Bonchev–Trinajstić information content (AvgIpc) is 2.83. The van der Waals surface area contributed by atoms with Crippen LogP contribution in [0.2, 0.25) is 10.0 Å². The summed E-state index contributed by atoms with van der Waals surface area (Å²) in [4.78, 5) is 12.7. The van der Waals surface area contributed by atoms with Crippen LogP contribution >= 0.6 is 45.8 Å². The fraction of sp³-hybridized carbons (Fsp3) is 0.120. The molecule has 0 aliphatic heterocycles. The van der Waals surface area contributed by atoms with E-state index in [0.717, 1.165) is 5.56 Å². The van der Waals surface area contributed by atoms with E-state index < -0.39 is 16.0 Å². The molecule has 36 heavy (non-hydrogen) atoms. The predicted molar refractivity (Wildman–Crippen MR) is 148 cm³/mol. The van der Waals surface area contributed by atoms with Crippen molar-refractivity contribution in [2.45, 2.75) is 18.7 Å². The summed E-state index contributed by atoms with van der Waals surface area (Å²) in [5.74, 6) is -0.553. The molecule has 0 aliphatic carbocycles. The molecular weight excluding hydrogens is 638 g/mol. The molecule has 0 radical (unpaired) electrons. The third-order valence-corrected chi connectivity index (χ3v) is 7.57. The fourth-order valence-electron chi connectivity index (χ4n) is 2.98. The van der Waals surface area contributed by atoms with Gasteiger partial charge in [0.2, 0.25) is 0 Å². The molecule has 0 saturated heterocycles. The van der Waals surface area contributed by atoms with Gasteiger partial charge in [0, 0.05) is 0 Å². The van der Waals surface area contributed by atoms with Gasteiger partial charge in [0.05, 0.1) is 25.9 Å². The Balaban J connectivity index is 1.95. The van der Waals surface area contributed by atoms with Crippen LogP contribution in [0.15, 0.2) is 65.1 Å². The van der Waals surface area contributed by atoms with Gasteiger partial charge in [-0.1, -0.05) is 47.0 Å². The number of aryl methyl sites for hydroxylation is 1. The Morgan fingerprint density at radius 1 is 1.17 bits per heavy atom. The highest BCUT2D eigenvalue weighted by molar-refractivity contribution is 14.1. The highest BCUT2D eigenvalue weighted by Crippen LogP contribution is 2.37. The monoisotopic (exact) mass is 656 g/mol. The SMILES string of the molecule is CCOc1cc(/C=C(\C#N)C(=O)Nc2cccc(Cl)c2Cl)cc(I)c1OS(=O)(=O)c1ccc(C)cc1. The summed E-state index contributed by atoms with van der Waals surface area (Å²) < 4.78 is 37.1. The first kappa shape index (κ1) is 27.8. The zero-order valence-electron chi connectivity index (χ0n) is 19.0. The zero-order valence-corrected chi connectivity index (χ0v) is 23.5. The van der Waals surface area contributed by atoms with Gasteiger partial charge >= 0.3 is 10.1 Å². The van der Waals surface area contributed by atoms with Gasteiger partial charge in [0.15, 0.2) is 11.5 Å². The summed E-state index contributed by atoms with van der Waals surface area (Å²) in [6.07, 6.45) is 1.34. The minimum Gasteiger partial charge on any atom is -0.490 e. The molecule has 0 aliphatic rings. The Kier molecular flexibility index (Phi) is 9.24. The summed E-state index contributed by atoms with van der Waals surface area (Å²) >= 11 is 14.0. The molecule has 3 rings (SSSR count). The summed E-state index contributed by atoms with van der Waals surface area (Å²) in [5, 5.41) is 12.5. The number of rotatable bonds is 8. The lowest BCUT2D eigenvalue weighted by atomic mass is 10.1. The van der Waals surface area contributed by atoms with Gasteiger partial charge in [-0.3, -0.25) is 4.79 Å². The molecule has 0 heterocycles. The first-order valence-corrected chi connectivity index (χ1v) is 13.6. The van der Waals surface area contributed by atoms with Gasteiger partial charge in [-0.25, -0.2) is 0 Å². The van der Waals surface area contributed by atoms with Crippen molar-refractivity contribution in [3.63, 3.8) is 0 Å². The first-order valence-electron chi connectivity index (χ1n) is 10.4. The van der Waals surface area contributed by atoms with Crippen molar-refractivity contribution in [1.82, 2.24) is 0 Å². The van der Waals surface area contributed by atoms with Crippen molar-refractivity contribution >= 4 is 73.6 Å². The van der Waals surface area contributed by atoms with Gasteiger partial charge in [0.1, 0.15) is 16.5 Å². The molecule has 186 valence electrons. The molecule has 0 unspecified atom stereocenters. The van der Waals surface area contributed by atoms with E-state index in [0.29, 0.717) is 9.13 Å². The van der Waals surface area contributed by atoms with Crippen molar-refractivity contribution in [2.75, 3.05) is 11.9 Å². The van der Waals surface area contributed by atoms with Crippen LogP contribution < -0.4 is 14.2 Å². The van der Waals surface area contributed by atoms with E-state index in [2.05, 4.69) is 5.32 Å². The van der Waals surface area contributed by atoms with Crippen LogP contribution in [-0.2, 0) is 14.9 Å². The molecule has 0 aromatic heterocycles. The van der Waals surface area contributed by atoms with Crippen molar-refractivity contribution in [2.24, 2.45) is 0 Å². The molecule has 0 spiro atoms. The second-order valence-electron chi connectivity index (χ2n) is 7.34. The molecule has 7 nitrogen and oxygen atoms in total. The minimum absolute atomic E-state index is 0.00145. The number of anilines is 1. The number of hydrogen-bond acceptors (Lipinski definition) is 6. The van der Waals surface area contributed by atoms with Crippen molar-refractivity contribution in [3.05, 3.63) is 84.9 Å². The van der Waals surface area contributed by atoms with E-state index in [1.54, 1.807) is 43.3 Å². The number of nitrogens with zero attached hydrogens (tertiary/aromatic N) is 1. The quantitative estimate of drug-likeness (QED) is 0.126. The maximum Gasteiger partial charge on any atom is 0.339 e. The Hall–Kier alpha value is -2.78. The smallest absolute Gasteiger partial charge is 0.339 e. The lowest BCUT2D eigenvalue weighted by Gasteiger charge is -2.15. The Morgan fingerprint density at radius 2 is 1.86 bits per heavy atom. The third-order valence-electron chi connectivity index (χ3n) is 4.71. The molecule has 1 amide bonds. The Morgan fingerprint density at radius 3 is 2.50 bits per heavy atom. The van der Waals surface area contributed by atoms with Gasteiger partial charge in [-0.05, 0) is 84.5 Å². The van der Waals surface area contributed by atoms with Crippen molar-refractivity contribution < 1.29 is 22.1 Å². The number of carbonyl (C=O) groups excluding carboxylic acids is 1. The van der Waals surface area contributed by atoms with Gasteiger partial charge in [0.25, 0.3) is 5.91 Å². The Labute approximate surface area is 232 Å². The minimum atomic E-state index is -4.13. The molecule has 11 heteroatoms. The molecule has 0 bridgehead atoms. The fourth-order valence-corrected chi connectivity index (χ4v) is 5.17. The summed E-state index contributed by atoms with van der Waals surface area (Å²) in [6.45, 7) is 3.80. The molecule has 0 fully saturated rings. The van der Waals surface area contributed by atoms with Gasteiger partial charge < -0.3 is 14.2 Å². The summed E-state index contributed by atoms with van der Waals surface area (Å²) in [6, 6.07) is 15.9. The number of hydrogen-bond donors (Lipinski definition) is 1. The van der Waals surface area contributed by atoms with Crippen LogP contribution in [0.4, 0.5) is 5.69 Å². The molecular formula is C25H19Cl2IN2O5S. The number of nitriles is 1. The molecule has 0 atom stereocenters. The highest BCUT2D eigenvalue weighted by Gasteiger charge is 2.22. The maximum absolute atomic E-state index is 12.8. The number of amides is 1. The van der Waals surface area contributed by atoms with Crippen molar-refractivity contribution in [1.29, 1.82) is 5.26 Å². The maximum atomic E-state index is 12.8. The van der Waals surface area contributed by atoms with E-state index in [9.17, 15) is 18.5 Å². The second-order valence-corrected chi connectivity index (χ2v) is 10.8.